The predicted molar refractivity (Wildman–Crippen MR) is 70.5 cm³/mol. The van der Waals surface area contributed by atoms with Gasteiger partial charge in [0.2, 0.25) is 5.76 Å². The van der Waals surface area contributed by atoms with Gasteiger partial charge in [0, 0.05) is 16.2 Å². The van der Waals surface area contributed by atoms with Crippen molar-refractivity contribution in [1.82, 2.24) is 0 Å². The van der Waals surface area contributed by atoms with Crippen molar-refractivity contribution in [3.05, 3.63) is 48.2 Å². The molecule has 0 bridgehead atoms. The Balaban J connectivity index is 2.14. The van der Waals surface area contributed by atoms with Crippen LogP contribution in [0.1, 0.15) is 10.6 Å². The lowest BCUT2D eigenvalue weighted by Gasteiger charge is -1.89. The Labute approximate surface area is 106 Å². The number of carbonyl (C=O) groups is 1. The molecule has 4 aromatic rings. The molecule has 19 heavy (non-hydrogen) atoms. The Morgan fingerprint density at radius 2 is 1.74 bits per heavy atom. The second-order valence-electron chi connectivity index (χ2n) is 4.40. The summed E-state index contributed by atoms with van der Waals surface area (Å²) in [5, 5.41) is 11.6. The first-order valence-electron chi connectivity index (χ1n) is 5.80. The van der Waals surface area contributed by atoms with Crippen molar-refractivity contribution in [2.24, 2.45) is 0 Å². The monoisotopic (exact) mass is 252 g/mol. The molecule has 1 N–H and O–H groups in total. The smallest absolute Gasteiger partial charge is 0.371 e. The number of fused-ring (bicyclic) bond motifs is 4. The summed E-state index contributed by atoms with van der Waals surface area (Å²) in [6.45, 7) is 0. The van der Waals surface area contributed by atoms with Crippen LogP contribution in [-0.2, 0) is 0 Å². The van der Waals surface area contributed by atoms with Crippen LogP contribution in [0.5, 0.6) is 0 Å². The van der Waals surface area contributed by atoms with E-state index in [9.17, 15) is 4.79 Å². The third kappa shape index (κ3) is 1.37. The van der Waals surface area contributed by atoms with Gasteiger partial charge in [-0.05, 0) is 24.3 Å². The molecule has 0 saturated heterocycles. The van der Waals surface area contributed by atoms with Crippen LogP contribution < -0.4 is 0 Å². The van der Waals surface area contributed by atoms with Crippen molar-refractivity contribution < 1.29 is 18.7 Å². The van der Waals surface area contributed by atoms with E-state index in [0.717, 1.165) is 27.3 Å². The Kier molecular flexibility index (Phi) is 1.82. The van der Waals surface area contributed by atoms with E-state index in [-0.39, 0.29) is 5.76 Å². The van der Waals surface area contributed by atoms with E-state index in [1.807, 2.05) is 30.3 Å². The number of hydrogen-bond acceptors (Lipinski definition) is 3. The largest absolute Gasteiger partial charge is 0.475 e. The molecule has 0 aliphatic carbocycles. The third-order valence-electron chi connectivity index (χ3n) is 3.23. The van der Waals surface area contributed by atoms with Crippen LogP contribution >= 0.6 is 0 Å². The first-order valence-corrected chi connectivity index (χ1v) is 5.80. The first kappa shape index (κ1) is 10.2. The van der Waals surface area contributed by atoms with Crippen molar-refractivity contribution >= 4 is 38.9 Å². The van der Waals surface area contributed by atoms with E-state index in [2.05, 4.69) is 0 Å². The number of furan rings is 2. The van der Waals surface area contributed by atoms with Crippen molar-refractivity contribution in [3.8, 4) is 0 Å². The van der Waals surface area contributed by atoms with Gasteiger partial charge in [0.15, 0.2) is 0 Å². The zero-order valence-corrected chi connectivity index (χ0v) is 9.71. The molecule has 0 radical (unpaired) electrons. The molecule has 0 aliphatic rings. The summed E-state index contributed by atoms with van der Waals surface area (Å²) >= 11 is 0. The van der Waals surface area contributed by atoms with Gasteiger partial charge in [-0.1, -0.05) is 18.2 Å². The van der Waals surface area contributed by atoms with Crippen molar-refractivity contribution in [1.29, 1.82) is 0 Å². The molecular weight excluding hydrogens is 244 g/mol. The molecular formula is C15H8O4. The van der Waals surface area contributed by atoms with Crippen LogP contribution in [0.15, 0.2) is 51.3 Å². The summed E-state index contributed by atoms with van der Waals surface area (Å²) in [5.41, 5.74) is 2.09. The standard InChI is InChI=1S/C15H8O4/c16-15(17)14-6-8-5-13-10(7-12(8)19-14)9-3-1-2-4-11(9)18-13/h1-7H,(H,16,17). The predicted octanol–water partition coefficient (Wildman–Crippen LogP) is 4.03. The Morgan fingerprint density at radius 3 is 2.58 bits per heavy atom. The minimum atomic E-state index is -1.07. The lowest BCUT2D eigenvalue weighted by molar-refractivity contribution is 0.0665. The van der Waals surface area contributed by atoms with Crippen LogP contribution in [0, 0.1) is 0 Å². The van der Waals surface area contributed by atoms with E-state index < -0.39 is 5.97 Å². The van der Waals surface area contributed by atoms with Crippen LogP contribution in [0.2, 0.25) is 0 Å². The summed E-state index contributed by atoms with van der Waals surface area (Å²) in [7, 11) is 0. The molecule has 0 saturated carbocycles. The highest BCUT2D eigenvalue weighted by Gasteiger charge is 2.13. The molecule has 0 unspecified atom stereocenters. The van der Waals surface area contributed by atoms with Crippen molar-refractivity contribution in [2.45, 2.75) is 0 Å². The normalized spacial score (nSPS) is 11.6. The summed E-state index contributed by atoms with van der Waals surface area (Å²) in [6, 6.07) is 12.9. The molecule has 92 valence electrons. The van der Waals surface area contributed by atoms with Gasteiger partial charge in [0.1, 0.15) is 16.7 Å². The van der Waals surface area contributed by atoms with Gasteiger partial charge in [-0.25, -0.2) is 4.79 Å². The molecule has 4 heteroatoms. The third-order valence-corrected chi connectivity index (χ3v) is 3.23. The highest BCUT2D eigenvalue weighted by Crippen LogP contribution is 2.33. The number of aromatic carboxylic acids is 1. The van der Waals surface area contributed by atoms with Gasteiger partial charge in [-0.15, -0.1) is 0 Å². The minimum absolute atomic E-state index is 0.0630. The van der Waals surface area contributed by atoms with E-state index in [4.69, 9.17) is 13.9 Å². The second kappa shape index (κ2) is 3.38. The molecule has 4 nitrogen and oxygen atoms in total. The van der Waals surface area contributed by atoms with E-state index >= 15 is 0 Å². The molecule has 4 rings (SSSR count). The Morgan fingerprint density at radius 1 is 0.895 bits per heavy atom. The summed E-state index contributed by atoms with van der Waals surface area (Å²) in [5.74, 6) is -1.13. The van der Waals surface area contributed by atoms with Gasteiger partial charge in [-0.3, -0.25) is 0 Å². The SMILES string of the molecule is O=C(O)c1cc2cc3oc4ccccc4c3cc2o1. The summed E-state index contributed by atoms with van der Waals surface area (Å²) < 4.78 is 11.1. The lowest BCUT2D eigenvalue weighted by Crippen LogP contribution is -1.91. The molecule has 0 spiro atoms. The lowest BCUT2D eigenvalue weighted by atomic mass is 10.1. The summed E-state index contributed by atoms with van der Waals surface area (Å²) in [4.78, 5) is 10.9. The maximum absolute atomic E-state index is 10.9. The van der Waals surface area contributed by atoms with Crippen LogP contribution in [0.25, 0.3) is 32.9 Å². The molecule has 2 aromatic carbocycles. The molecule has 2 heterocycles. The number of carboxylic acids is 1. The second-order valence-corrected chi connectivity index (χ2v) is 4.40. The van der Waals surface area contributed by atoms with Crippen molar-refractivity contribution in [2.75, 3.05) is 0 Å². The number of benzene rings is 2. The van der Waals surface area contributed by atoms with Crippen LogP contribution in [0.4, 0.5) is 0 Å². The van der Waals surface area contributed by atoms with Crippen molar-refractivity contribution in [3.63, 3.8) is 0 Å². The first-order chi connectivity index (χ1) is 9.22. The van der Waals surface area contributed by atoms with E-state index in [1.54, 1.807) is 6.07 Å². The molecule has 0 atom stereocenters. The fraction of sp³-hybridized carbons (Fsp3) is 0. The van der Waals surface area contributed by atoms with Gasteiger partial charge in [0.25, 0.3) is 0 Å². The van der Waals surface area contributed by atoms with Gasteiger partial charge in [0.05, 0.1) is 0 Å². The molecule has 0 fully saturated rings. The van der Waals surface area contributed by atoms with E-state index in [0.29, 0.717) is 5.58 Å². The zero-order chi connectivity index (χ0) is 13.0. The average Bonchev–Trinajstić information content (AvgIpc) is 2.96. The zero-order valence-electron chi connectivity index (χ0n) is 9.71. The maximum atomic E-state index is 10.9. The maximum Gasteiger partial charge on any atom is 0.371 e. The number of carboxylic acid groups (broad SMARTS) is 1. The Bertz CT molecular complexity index is 943. The molecule has 0 aliphatic heterocycles. The van der Waals surface area contributed by atoms with Gasteiger partial charge < -0.3 is 13.9 Å². The van der Waals surface area contributed by atoms with Crippen LogP contribution in [-0.4, -0.2) is 11.1 Å². The fourth-order valence-electron chi connectivity index (χ4n) is 2.36. The quantitative estimate of drug-likeness (QED) is 0.555. The summed E-state index contributed by atoms with van der Waals surface area (Å²) in [6.07, 6.45) is 0. The fourth-order valence-corrected chi connectivity index (χ4v) is 2.36. The van der Waals surface area contributed by atoms with Crippen LogP contribution in [0.3, 0.4) is 0 Å². The molecule has 0 amide bonds. The number of rotatable bonds is 1. The number of para-hydroxylation sites is 1. The van der Waals surface area contributed by atoms with E-state index in [1.165, 1.54) is 6.07 Å². The average molecular weight is 252 g/mol. The minimum Gasteiger partial charge on any atom is -0.475 e. The van der Waals surface area contributed by atoms with Gasteiger partial charge >= 0.3 is 5.97 Å². The Hall–Kier alpha value is -2.75. The molecule has 2 aromatic heterocycles. The topological polar surface area (TPSA) is 63.6 Å². The van der Waals surface area contributed by atoms with Gasteiger partial charge in [-0.2, -0.15) is 0 Å². The highest BCUT2D eigenvalue weighted by molar-refractivity contribution is 6.09. The number of hydrogen-bond donors (Lipinski definition) is 1. The highest BCUT2D eigenvalue weighted by atomic mass is 16.4.